The van der Waals surface area contributed by atoms with Gasteiger partial charge >= 0.3 is 0 Å². The Bertz CT molecular complexity index is 187. The summed E-state index contributed by atoms with van der Waals surface area (Å²) in [6.45, 7) is 9.58. The summed E-state index contributed by atoms with van der Waals surface area (Å²) in [6, 6.07) is 0. The van der Waals surface area contributed by atoms with E-state index in [1.165, 1.54) is 0 Å². The minimum absolute atomic E-state index is 0.188. The van der Waals surface area contributed by atoms with Gasteiger partial charge in [-0.25, -0.2) is 0 Å². The molecule has 0 aliphatic rings. The summed E-state index contributed by atoms with van der Waals surface area (Å²) in [5.74, 6) is 0.654. The average Bonchev–Trinajstić information content (AvgIpc) is 2.00. The van der Waals surface area contributed by atoms with Crippen LogP contribution >= 0.6 is 15.9 Å². The summed E-state index contributed by atoms with van der Waals surface area (Å²) in [6.07, 6.45) is 2.75. The highest BCUT2D eigenvalue weighted by Crippen LogP contribution is 2.25. The number of alkyl halides is 1. The van der Waals surface area contributed by atoms with Crippen molar-refractivity contribution in [3.63, 3.8) is 0 Å². The normalized spacial score (nSPS) is 13.7. The first-order valence-corrected chi connectivity index (χ1v) is 6.80. The molecular weight excluding hydrogens is 254 g/mol. The molecule has 0 aromatic rings. The van der Waals surface area contributed by atoms with Crippen LogP contribution in [0.5, 0.6) is 0 Å². The smallest absolute Gasteiger partial charge is 0.220 e. The number of nitrogens with one attached hydrogen (secondary N) is 1. The van der Waals surface area contributed by atoms with Crippen molar-refractivity contribution in [3.8, 4) is 0 Å². The Labute approximate surface area is 102 Å². The second-order valence-electron chi connectivity index (χ2n) is 5.47. The number of amides is 1. The fraction of sp³-hybridized carbons (Fsp3) is 0.917. The zero-order chi connectivity index (χ0) is 11.9. The lowest BCUT2D eigenvalue weighted by molar-refractivity contribution is -0.122. The fourth-order valence-electron chi connectivity index (χ4n) is 1.80. The first-order chi connectivity index (χ1) is 6.85. The van der Waals surface area contributed by atoms with Crippen LogP contribution in [0, 0.1) is 11.3 Å². The van der Waals surface area contributed by atoms with E-state index < -0.39 is 0 Å². The van der Waals surface area contributed by atoms with E-state index in [4.69, 9.17) is 0 Å². The van der Waals surface area contributed by atoms with Crippen LogP contribution < -0.4 is 5.32 Å². The average molecular weight is 278 g/mol. The van der Waals surface area contributed by atoms with Crippen molar-refractivity contribution < 1.29 is 4.79 Å². The molecule has 1 N–H and O–H groups in total. The first-order valence-electron chi connectivity index (χ1n) is 5.68. The van der Waals surface area contributed by atoms with E-state index in [0.717, 1.165) is 24.7 Å². The third kappa shape index (κ3) is 10.2. The number of carbonyl (C=O) groups is 1. The Morgan fingerprint density at radius 2 is 2.00 bits per heavy atom. The molecule has 3 heteroatoms. The van der Waals surface area contributed by atoms with Crippen molar-refractivity contribution in [1.29, 1.82) is 0 Å². The maximum absolute atomic E-state index is 11.5. The second-order valence-corrected chi connectivity index (χ2v) is 6.26. The minimum atomic E-state index is 0.188. The molecule has 1 atom stereocenters. The van der Waals surface area contributed by atoms with Gasteiger partial charge in [-0.05, 0) is 24.2 Å². The third-order valence-electron chi connectivity index (χ3n) is 2.13. The van der Waals surface area contributed by atoms with Crippen LogP contribution in [0.15, 0.2) is 0 Å². The van der Waals surface area contributed by atoms with E-state index in [2.05, 4.69) is 48.9 Å². The molecule has 1 unspecified atom stereocenters. The monoisotopic (exact) mass is 277 g/mol. The zero-order valence-corrected chi connectivity index (χ0v) is 12.0. The van der Waals surface area contributed by atoms with Crippen LogP contribution in [0.25, 0.3) is 0 Å². The molecule has 0 fully saturated rings. The van der Waals surface area contributed by atoms with Crippen molar-refractivity contribution in [1.82, 2.24) is 5.32 Å². The number of hydrogen-bond donors (Lipinski definition) is 1. The summed E-state index contributed by atoms with van der Waals surface area (Å²) in [7, 11) is 0. The van der Waals surface area contributed by atoms with Gasteiger partial charge in [0.15, 0.2) is 0 Å². The Balaban J connectivity index is 3.67. The van der Waals surface area contributed by atoms with Gasteiger partial charge in [-0.1, -0.05) is 43.6 Å². The summed E-state index contributed by atoms with van der Waals surface area (Å²) in [5.41, 5.74) is 0.315. The van der Waals surface area contributed by atoms with E-state index in [0.29, 0.717) is 17.8 Å². The molecule has 0 bridgehead atoms. The third-order valence-corrected chi connectivity index (χ3v) is 2.69. The molecule has 0 rings (SSSR count). The highest BCUT2D eigenvalue weighted by molar-refractivity contribution is 9.09. The molecular formula is C12H24BrNO. The lowest BCUT2D eigenvalue weighted by Crippen LogP contribution is -2.27. The maximum Gasteiger partial charge on any atom is 0.220 e. The molecule has 0 saturated carbocycles. The highest BCUT2D eigenvalue weighted by atomic mass is 79.9. The molecule has 0 aromatic heterocycles. The van der Waals surface area contributed by atoms with Crippen LogP contribution in [-0.2, 0) is 4.79 Å². The van der Waals surface area contributed by atoms with Crippen LogP contribution in [0.3, 0.4) is 0 Å². The summed E-state index contributed by atoms with van der Waals surface area (Å²) in [4.78, 5) is 11.5. The number of hydrogen-bond acceptors (Lipinski definition) is 1. The van der Waals surface area contributed by atoms with E-state index in [-0.39, 0.29) is 5.91 Å². The predicted molar refractivity (Wildman–Crippen MR) is 69.3 cm³/mol. The fourth-order valence-corrected chi connectivity index (χ4v) is 2.08. The van der Waals surface area contributed by atoms with Gasteiger partial charge in [0.05, 0.1) is 0 Å². The standard InChI is InChI=1S/C12H24BrNO/c1-10(9-12(2,3)4)8-11(15)14-7-5-6-13/h10H,5-9H2,1-4H3,(H,14,15). The zero-order valence-electron chi connectivity index (χ0n) is 10.4. The molecule has 0 spiro atoms. The topological polar surface area (TPSA) is 29.1 Å². The Morgan fingerprint density at radius 3 is 2.47 bits per heavy atom. The van der Waals surface area contributed by atoms with E-state index in [9.17, 15) is 4.79 Å². The first kappa shape index (κ1) is 14.9. The van der Waals surface area contributed by atoms with Gasteiger partial charge in [-0.2, -0.15) is 0 Å². The van der Waals surface area contributed by atoms with Gasteiger partial charge in [-0.15, -0.1) is 0 Å². The van der Waals surface area contributed by atoms with Crippen LogP contribution in [0.1, 0.15) is 47.0 Å². The van der Waals surface area contributed by atoms with Gasteiger partial charge < -0.3 is 5.32 Å². The quantitative estimate of drug-likeness (QED) is 0.586. The number of halogens is 1. The largest absolute Gasteiger partial charge is 0.356 e. The van der Waals surface area contributed by atoms with E-state index >= 15 is 0 Å². The lowest BCUT2D eigenvalue weighted by Gasteiger charge is -2.22. The van der Waals surface area contributed by atoms with Gasteiger partial charge in [0.1, 0.15) is 0 Å². The molecule has 0 aromatic carbocycles. The molecule has 0 saturated heterocycles. The molecule has 90 valence electrons. The summed E-state index contributed by atoms with van der Waals surface area (Å²) < 4.78 is 0. The molecule has 0 radical (unpaired) electrons. The van der Waals surface area contributed by atoms with Crippen molar-refractivity contribution >= 4 is 21.8 Å². The Kier molecular flexibility index (Phi) is 7.24. The lowest BCUT2D eigenvalue weighted by atomic mass is 9.84. The van der Waals surface area contributed by atoms with Crippen molar-refractivity contribution in [2.24, 2.45) is 11.3 Å². The SMILES string of the molecule is CC(CC(=O)NCCCBr)CC(C)(C)C. The second kappa shape index (κ2) is 7.26. The van der Waals surface area contributed by atoms with Gasteiger partial charge in [-0.3, -0.25) is 4.79 Å². The van der Waals surface area contributed by atoms with Gasteiger partial charge in [0.25, 0.3) is 0 Å². The predicted octanol–water partition coefficient (Wildman–Crippen LogP) is 3.35. The summed E-state index contributed by atoms with van der Waals surface area (Å²) >= 11 is 3.34. The molecule has 2 nitrogen and oxygen atoms in total. The van der Waals surface area contributed by atoms with Gasteiger partial charge in [0.2, 0.25) is 5.91 Å². The number of carbonyl (C=O) groups excluding carboxylic acids is 1. The molecule has 0 heterocycles. The van der Waals surface area contributed by atoms with Crippen LogP contribution in [-0.4, -0.2) is 17.8 Å². The van der Waals surface area contributed by atoms with Crippen LogP contribution in [0.4, 0.5) is 0 Å². The van der Waals surface area contributed by atoms with Crippen molar-refractivity contribution in [2.75, 3.05) is 11.9 Å². The molecule has 15 heavy (non-hydrogen) atoms. The van der Waals surface area contributed by atoms with Crippen molar-refractivity contribution in [3.05, 3.63) is 0 Å². The molecule has 1 amide bonds. The van der Waals surface area contributed by atoms with Crippen LogP contribution in [0.2, 0.25) is 0 Å². The van der Waals surface area contributed by atoms with E-state index in [1.54, 1.807) is 0 Å². The Morgan fingerprint density at radius 1 is 1.40 bits per heavy atom. The molecule has 0 aliphatic heterocycles. The number of rotatable bonds is 6. The summed E-state index contributed by atoms with van der Waals surface area (Å²) in [5, 5.41) is 3.88. The maximum atomic E-state index is 11.5. The highest BCUT2D eigenvalue weighted by Gasteiger charge is 2.17. The van der Waals surface area contributed by atoms with E-state index in [1.807, 2.05) is 0 Å². The Hall–Kier alpha value is -0.0500. The molecule has 0 aliphatic carbocycles. The van der Waals surface area contributed by atoms with Gasteiger partial charge in [0, 0.05) is 18.3 Å². The minimum Gasteiger partial charge on any atom is -0.356 e. The van der Waals surface area contributed by atoms with Crippen molar-refractivity contribution in [2.45, 2.75) is 47.0 Å².